The average molecular weight is 326 g/mol. The van der Waals surface area contributed by atoms with Gasteiger partial charge in [-0.15, -0.1) is 0 Å². The summed E-state index contributed by atoms with van der Waals surface area (Å²) in [6, 6.07) is 2.34. The van der Waals surface area contributed by atoms with Crippen LogP contribution in [-0.2, 0) is 6.37 Å². The number of fused-ring (bicyclic) bond motifs is 3. The molecule has 1 aromatic carbocycles. The van der Waals surface area contributed by atoms with E-state index in [4.69, 9.17) is 18.4 Å². The molecular formula is C21H30O2. The standard InChI is InChI=1S/C21H30O2/c1-5-6-7-8-15-12-18(22)20-16-11-14(2)9-10-17(16)21(3,4)23-19(20)13-15/h11-13,16-17,22H,5-10H2,1-4H3/t16-,17-/m1/s1/i3D3,4D3,8D2,9D2,16D. The van der Waals surface area contributed by atoms with Crippen LogP contribution >= 0.6 is 0 Å². The van der Waals surface area contributed by atoms with Gasteiger partial charge in [-0.1, -0.05) is 31.4 Å². The van der Waals surface area contributed by atoms with E-state index in [1.54, 1.807) is 0 Å². The number of hydrogen-bond acceptors (Lipinski definition) is 2. The number of aryl methyl sites for hydroxylation is 1. The Morgan fingerprint density at radius 2 is 2.30 bits per heavy atom. The summed E-state index contributed by atoms with van der Waals surface area (Å²) < 4.78 is 97.5. The molecule has 0 radical (unpaired) electrons. The quantitative estimate of drug-likeness (QED) is 0.716. The van der Waals surface area contributed by atoms with Crippen molar-refractivity contribution in [2.45, 2.75) is 77.5 Å². The molecule has 0 fully saturated rings. The third-order valence-corrected chi connectivity index (χ3v) is 4.32. The summed E-state index contributed by atoms with van der Waals surface area (Å²) in [6.45, 7) is -3.27. The first kappa shape index (κ1) is 7.63. The molecule has 0 aromatic heterocycles. The molecule has 1 N–H and O–H groups in total. The molecule has 2 aliphatic rings. The van der Waals surface area contributed by atoms with Gasteiger partial charge in [-0.05, 0) is 63.9 Å². The van der Waals surface area contributed by atoms with Crippen LogP contribution in [0.4, 0.5) is 0 Å². The minimum Gasteiger partial charge on any atom is -0.507 e. The van der Waals surface area contributed by atoms with E-state index in [0.717, 1.165) is 12.5 Å². The third kappa shape index (κ3) is 3.13. The van der Waals surface area contributed by atoms with Gasteiger partial charge < -0.3 is 9.84 Å². The molecule has 0 saturated heterocycles. The smallest absolute Gasteiger partial charge is 0.127 e. The van der Waals surface area contributed by atoms with E-state index in [9.17, 15) is 6.48 Å². The zero-order valence-electron chi connectivity index (χ0n) is 24.5. The maximum Gasteiger partial charge on any atom is 0.127 e. The molecule has 2 nitrogen and oxygen atoms in total. The van der Waals surface area contributed by atoms with Gasteiger partial charge in [0, 0.05) is 32.5 Å². The highest BCUT2D eigenvalue weighted by Crippen LogP contribution is 2.53. The summed E-state index contributed by atoms with van der Waals surface area (Å²) in [5, 5.41) is 11.0. The van der Waals surface area contributed by atoms with Gasteiger partial charge in [0.1, 0.15) is 17.1 Å². The van der Waals surface area contributed by atoms with Crippen LogP contribution in [0, 0.1) is 5.92 Å². The summed E-state index contributed by atoms with van der Waals surface area (Å²) >= 11 is 0. The van der Waals surface area contributed by atoms with E-state index in [1.807, 2.05) is 6.92 Å². The molecule has 0 bridgehead atoms. The predicted octanol–water partition coefficient (Wildman–Crippen LogP) is 5.74. The minimum atomic E-state index is -3.30. The first-order chi connectivity index (χ1) is 15.2. The van der Waals surface area contributed by atoms with Gasteiger partial charge in [-0.25, -0.2) is 0 Å². The Bertz CT molecular complexity index is 980. The highest BCUT2D eigenvalue weighted by atomic mass is 16.5. The van der Waals surface area contributed by atoms with Crippen molar-refractivity contribution >= 4 is 0 Å². The first-order valence-electron chi connectivity index (χ1n) is 13.5. The van der Waals surface area contributed by atoms with Crippen molar-refractivity contribution in [3.63, 3.8) is 0 Å². The highest BCUT2D eigenvalue weighted by Gasteiger charge is 2.45. The topological polar surface area (TPSA) is 29.5 Å². The lowest BCUT2D eigenvalue weighted by molar-refractivity contribution is 0.0107. The molecule has 0 saturated carbocycles. The Hall–Kier alpha value is -1.44. The van der Waals surface area contributed by atoms with Crippen LogP contribution in [0.2, 0.25) is 0 Å². The molecule has 1 aliphatic carbocycles. The van der Waals surface area contributed by atoms with Gasteiger partial charge in [0.25, 0.3) is 0 Å². The van der Waals surface area contributed by atoms with Crippen LogP contribution in [-0.4, -0.2) is 10.7 Å². The number of aromatic hydroxyl groups is 1. The van der Waals surface area contributed by atoms with E-state index >= 15 is 0 Å². The molecule has 1 heterocycles. The minimum absolute atomic E-state index is 0.0175. The largest absolute Gasteiger partial charge is 0.507 e. The lowest BCUT2D eigenvalue weighted by Gasteiger charge is -2.46. The Morgan fingerprint density at radius 3 is 3.04 bits per heavy atom. The van der Waals surface area contributed by atoms with Crippen molar-refractivity contribution in [3.05, 3.63) is 34.9 Å². The fourth-order valence-electron chi connectivity index (χ4n) is 3.09. The zero-order valence-corrected chi connectivity index (χ0v) is 13.5. The maximum atomic E-state index is 11.0. The molecule has 2 atom stereocenters. The van der Waals surface area contributed by atoms with E-state index in [1.165, 1.54) is 19.1 Å². The van der Waals surface area contributed by atoms with Crippen LogP contribution in [0.1, 0.15) is 91.7 Å². The van der Waals surface area contributed by atoms with E-state index in [-0.39, 0.29) is 28.9 Å². The van der Waals surface area contributed by atoms with Crippen LogP contribution in [0.3, 0.4) is 0 Å². The molecule has 0 amide bonds. The number of benzene rings is 1. The van der Waals surface area contributed by atoms with Gasteiger partial charge in [0.05, 0.1) is 0 Å². The highest BCUT2D eigenvalue weighted by molar-refractivity contribution is 5.53. The van der Waals surface area contributed by atoms with Crippen LogP contribution in [0.25, 0.3) is 0 Å². The molecule has 23 heavy (non-hydrogen) atoms. The summed E-state index contributed by atoms with van der Waals surface area (Å²) in [5.41, 5.74) is -3.05. The van der Waals surface area contributed by atoms with Crippen molar-refractivity contribution in [1.82, 2.24) is 0 Å². The number of hydrogen-bond donors (Lipinski definition) is 1. The van der Waals surface area contributed by atoms with Crippen LogP contribution in [0.5, 0.6) is 11.5 Å². The Labute approximate surface area is 156 Å². The van der Waals surface area contributed by atoms with Crippen molar-refractivity contribution in [3.8, 4) is 11.5 Å². The van der Waals surface area contributed by atoms with Gasteiger partial charge in [-0.3, -0.25) is 0 Å². The van der Waals surface area contributed by atoms with Crippen molar-refractivity contribution in [2.75, 3.05) is 0 Å². The molecule has 3 rings (SSSR count). The number of unbranched alkanes of at least 4 members (excludes halogenated alkanes) is 1. The van der Waals surface area contributed by atoms with Gasteiger partial charge in [0.2, 0.25) is 0 Å². The Balaban J connectivity index is 2.40. The van der Waals surface area contributed by atoms with Gasteiger partial charge in [-0.2, -0.15) is 0 Å². The number of rotatable bonds is 4. The van der Waals surface area contributed by atoms with Crippen LogP contribution in [0.15, 0.2) is 23.8 Å². The summed E-state index contributed by atoms with van der Waals surface area (Å²) in [7, 11) is 0. The van der Waals surface area contributed by atoms with E-state index in [2.05, 4.69) is 0 Å². The molecule has 0 unspecified atom stereocenters. The number of phenolic OH excluding ortho intramolecular Hbond substituents is 1. The molecule has 2 heteroatoms. The lowest BCUT2D eigenvalue weighted by atomic mass is 9.68. The van der Waals surface area contributed by atoms with E-state index < -0.39 is 56.0 Å². The SMILES string of the molecule is [2H]C1([2H])C[C@H]2C(C([2H])([2H])[2H])(C([2H])([2H])[2H])Oc3cc(C([2H])([2H])CCCC)cc(O)c3[C@]2([2H])C=C1C. The second-order valence-corrected chi connectivity index (χ2v) is 6.20. The average Bonchev–Trinajstić information content (AvgIpc) is 2.65. The number of allylic oxidation sites excluding steroid dienone is 2. The van der Waals surface area contributed by atoms with E-state index in [0.29, 0.717) is 6.42 Å². The van der Waals surface area contributed by atoms with Crippen LogP contribution < -0.4 is 4.74 Å². The Morgan fingerprint density at radius 1 is 1.48 bits per heavy atom. The second kappa shape index (κ2) is 6.22. The van der Waals surface area contributed by atoms with Gasteiger partial charge >= 0.3 is 0 Å². The Kier molecular flexibility index (Phi) is 2.06. The molecule has 1 aromatic rings. The molecule has 126 valence electrons. The number of ether oxygens (including phenoxy) is 1. The fourth-order valence-corrected chi connectivity index (χ4v) is 3.09. The lowest BCUT2D eigenvalue weighted by Crippen LogP contribution is -2.45. The normalized spacial score (nSPS) is 39.3. The third-order valence-electron chi connectivity index (χ3n) is 4.32. The maximum absolute atomic E-state index is 11.0. The second-order valence-electron chi connectivity index (χ2n) is 6.20. The van der Waals surface area contributed by atoms with Crippen molar-refractivity contribution in [1.29, 1.82) is 0 Å². The van der Waals surface area contributed by atoms with Crippen molar-refractivity contribution < 1.29 is 24.9 Å². The zero-order chi connectivity index (χ0) is 26.1. The molecule has 0 spiro atoms. The van der Waals surface area contributed by atoms with Gasteiger partial charge in [0.15, 0.2) is 0 Å². The van der Waals surface area contributed by atoms with Crippen molar-refractivity contribution in [2.24, 2.45) is 5.92 Å². The molecular weight excluding hydrogens is 284 g/mol. The summed E-state index contributed by atoms with van der Waals surface area (Å²) in [4.78, 5) is 0. The monoisotopic (exact) mass is 325 g/mol. The first-order valence-corrected chi connectivity index (χ1v) is 8.01. The fraction of sp³-hybridized carbons (Fsp3) is 0.619. The predicted molar refractivity (Wildman–Crippen MR) is 95.3 cm³/mol. The summed E-state index contributed by atoms with van der Waals surface area (Å²) in [6.07, 6.45) is -2.09. The molecule has 1 aliphatic heterocycles. The number of phenols is 1. The summed E-state index contributed by atoms with van der Waals surface area (Å²) in [5.74, 6) is -4.74.